The molecule has 0 aromatic carbocycles. The molecular weight excluding hydrogens is 192 g/mol. The van der Waals surface area contributed by atoms with E-state index in [0.717, 1.165) is 39.5 Å². The summed E-state index contributed by atoms with van der Waals surface area (Å²) < 4.78 is 11.2. The number of rotatable bonds is 3. The van der Waals surface area contributed by atoms with Gasteiger partial charge >= 0.3 is 0 Å². The summed E-state index contributed by atoms with van der Waals surface area (Å²) in [6, 6.07) is 0.627. The Hall–Kier alpha value is -0.160. The molecule has 0 aromatic rings. The van der Waals surface area contributed by atoms with Gasteiger partial charge in [0, 0.05) is 32.3 Å². The highest BCUT2D eigenvalue weighted by Gasteiger charge is 2.27. The summed E-state index contributed by atoms with van der Waals surface area (Å²) in [7, 11) is 1.98. The summed E-state index contributed by atoms with van der Waals surface area (Å²) in [6.07, 6.45) is 2.84. The molecule has 0 radical (unpaired) electrons. The minimum atomic E-state index is 0.352. The Morgan fingerprint density at radius 2 is 2.33 bits per heavy atom. The first-order valence-electron chi connectivity index (χ1n) is 5.98. The number of nitrogens with one attached hydrogen (secondary N) is 1. The maximum Gasteiger partial charge on any atom is 0.0826 e. The van der Waals surface area contributed by atoms with Gasteiger partial charge in [-0.15, -0.1) is 0 Å². The van der Waals surface area contributed by atoms with E-state index in [-0.39, 0.29) is 0 Å². The molecule has 88 valence electrons. The molecule has 2 rings (SSSR count). The van der Waals surface area contributed by atoms with Gasteiger partial charge in [0.05, 0.1) is 19.3 Å². The molecular formula is C11H22N2O2. The van der Waals surface area contributed by atoms with Crippen LogP contribution in [-0.4, -0.2) is 63.5 Å². The van der Waals surface area contributed by atoms with Crippen molar-refractivity contribution < 1.29 is 9.47 Å². The Labute approximate surface area is 91.9 Å². The van der Waals surface area contributed by atoms with Crippen molar-refractivity contribution in [2.75, 3.05) is 46.5 Å². The topological polar surface area (TPSA) is 33.7 Å². The van der Waals surface area contributed by atoms with Gasteiger partial charge in [-0.05, 0) is 19.9 Å². The molecule has 0 aromatic heterocycles. The van der Waals surface area contributed by atoms with Crippen LogP contribution in [0, 0.1) is 0 Å². The lowest BCUT2D eigenvalue weighted by Crippen LogP contribution is -2.52. The van der Waals surface area contributed by atoms with E-state index in [4.69, 9.17) is 9.47 Å². The van der Waals surface area contributed by atoms with Crippen molar-refractivity contribution in [2.45, 2.75) is 25.0 Å². The number of hydrogen-bond donors (Lipinski definition) is 1. The lowest BCUT2D eigenvalue weighted by Gasteiger charge is -2.39. The first-order valence-corrected chi connectivity index (χ1v) is 5.98. The number of nitrogens with zero attached hydrogens (tertiary/aromatic N) is 1. The van der Waals surface area contributed by atoms with Gasteiger partial charge in [-0.25, -0.2) is 0 Å². The van der Waals surface area contributed by atoms with E-state index in [0.29, 0.717) is 12.1 Å². The molecule has 0 spiro atoms. The normalized spacial score (nSPS) is 34.2. The van der Waals surface area contributed by atoms with E-state index in [2.05, 4.69) is 10.2 Å². The minimum absolute atomic E-state index is 0.352. The van der Waals surface area contributed by atoms with E-state index in [1.165, 1.54) is 12.8 Å². The van der Waals surface area contributed by atoms with Gasteiger partial charge in [-0.3, -0.25) is 4.90 Å². The largest absolute Gasteiger partial charge is 0.380 e. The molecule has 0 amide bonds. The maximum atomic E-state index is 5.69. The third-order valence-electron chi connectivity index (χ3n) is 3.25. The van der Waals surface area contributed by atoms with Crippen LogP contribution >= 0.6 is 0 Å². The van der Waals surface area contributed by atoms with Crippen LogP contribution in [0.2, 0.25) is 0 Å². The summed E-state index contributed by atoms with van der Waals surface area (Å²) >= 11 is 0. The SMILES string of the molecule is CNCC1CN(C2CCCOC2)CCO1. The highest BCUT2D eigenvalue weighted by Crippen LogP contribution is 2.16. The summed E-state index contributed by atoms with van der Waals surface area (Å²) in [5, 5.41) is 3.18. The Bertz CT molecular complexity index is 181. The molecule has 15 heavy (non-hydrogen) atoms. The number of hydrogen-bond acceptors (Lipinski definition) is 4. The average molecular weight is 214 g/mol. The number of likely N-dealkylation sites (N-methyl/N-ethyl adjacent to an activating group) is 1. The van der Waals surface area contributed by atoms with Crippen LogP contribution in [0.25, 0.3) is 0 Å². The zero-order valence-corrected chi connectivity index (χ0v) is 9.58. The highest BCUT2D eigenvalue weighted by atomic mass is 16.5. The lowest BCUT2D eigenvalue weighted by molar-refractivity contribution is -0.0672. The van der Waals surface area contributed by atoms with E-state index in [1.807, 2.05) is 7.05 Å². The predicted octanol–water partition coefficient (Wildman–Crippen LogP) is 0.0856. The van der Waals surface area contributed by atoms with Crippen molar-refractivity contribution in [3.8, 4) is 0 Å². The Morgan fingerprint density at radius 3 is 3.07 bits per heavy atom. The lowest BCUT2D eigenvalue weighted by atomic mass is 10.1. The maximum absolute atomic E-state index is 5.69. The van der Waals surface area contributed by atoms with E-state index < -0.39 is 0 Å². The van der Waals surface area contributed by atoms with Crippen LogP contribution in [0.5, 0.6) is 0 Å². The van der Waals surface area contributed by atoms with Crippen LogP contribution in [0.4, 0.5) is 0 Å². The fraction of sp³-hybridized carbons (Fsp3) is 1.00. The molecule has 2 unspecified atom stereocenters. The molecule has 2 heterocycles. The minimum Gasteiger partial charge on any atom is -0.380 e. The van der Waals surface area contributed by atoms with Gasteiger partial charge in [0.15, 0.2) is 0 Å². The molecule has 4 nitrogen and oxygen atoms in total. The molecule has 2 saturated heterocycles. The van der Waals surface area contributed by atoms with Gasteiger partial charge in [0.25, 0.3) is 0 Å². The van der Waals surface area contributed by atoms with Gasteiger partial charge in [-0.1, -0.05) is 0 Å². The number of morpholine rings is 1. The molecule has 2 fully saturated rings. The highest BCUT2D eigenvalue weighted by molar-refractivity contribution is 4.80. The molecule has 2 atom stereocenters. The van der Waals surface area contributed by atoms with Crippen molar-refractivity contribution in [2.24, 2.45) is 0 Å². The fourth-order valence-corrected chi connectivity index (χ4v) is 2.44. The molecule has 2 aliphatic heterocycles. The van der Waals surface area contributed by atoms with E-state index in [9.17, 15) is 0 Å². The summed E-state index contributed by atoms with van der Waals surface area (Å²) in [5.74, 6) is 0. The Kier molecular flexibility index (Phi) is 4.38. The molecule has 2 aliphatic rings. The summed E-state index contributed by atoms with van der Waals surface area (Å²) in [4.78, 5) is 2.53. The van der Waals surface area contributed by atoms with E-state index in [1.54, 1.807) is 0 Å². The molecule has 0 bridgehead atoms. The second kappa shape index (κ2) is 5.80. The number of ether oxygens (including phenoxy) is 2. The zero-order valence-electron chi connectivity index (χ0n) is 9.58. The summed E-state index contributed by atoms with van der Waals surface area (Å²) in [5.41, 5.74) is 0. The van der Waals surface area contributed by atoms with Gasteiger partial charge in [0.1, 0.15) is 0 Å². The first kappa shape index (κ1) is 11.3. The predicted molar refractivity (Wildman–Crippen MR) is 59.1 cm³/mol. The quantitative estimate of drug-likeness (QED) is 0.722. The zero-order chi connectivity index (χ0) is 10.5. The van der Waals surface area contributed by atoms with Crippen LogP contribution in [0.15, 0.2) is 0 Å². The average Bonchev–Trinajstić information content (AvgIpc) is 2.31. The van der Waals surface area contributed by atoms with Crippen LogP contribution < -0.4 is 5.32 Å². The molecule has 1 N–H and O–H groups in total. The Morgan fingerprint density at radius 1 is 1.40 bits per heavy atom. The third kappa shape index (κ3) is 3.14. The Balaban J connectivity index is 1.80. The summed E-state index contributed by atoms with van der Waals surface area (Å²) in [6.45, 7) is 5.78. The van der Waals surface area contributed by atoms with Gasteiger partial charge < -0.3 is 14.8 Å². The van der Waals surface area contributed by atoms with Crippen molar-refractivity contribution in [3.05, 3.63) is 0 Å². The fourth-order valence-electron chi connectivity index (χ4n) is 2.44. The van der Waals surface area contributed by atoms with E-state index >= 15 is 0 Å². The standard InChI is InChI=1S/C11H22N2O2/c1-12-7-11-8-13(4-6-15-11)10-3-2-5-14-9-10/h10-12H,2-9H2,1H3. The van der Waals surface area contributed by atoms with Crippen molar-refractivity contribution >= 4 is 0 Å². The first-order chi connectivity index (χ1) is 7.40. The van der Waals surface area contributed by atoms with Crippen LogP contribution in [0.3, 0.4) is 0 Å². The van der Waals surface area contributed by atoms with Crippen molar-refractivity contribution in [3.63, 3.8) is 0 Å². The molecule has 0 saturated carbocycles. The van der Waals surface area contributed by atoms with Crippen LogP contribution in [-0.2, 0) is 9.47 Å². The second-order valence-corrected chi connectivity index (χ2v) is 4.42. The molecule has 4 heteroatoms. The smallest absolute Gasteiger partial charge is 0.0826 e. The van der Waals surface area contributed by atoms with Crippen molar-refractivity contribution in [1.82, 2.24) is 10.2 Å². The second-order valence-electron chi connectivity index (χ2n) is 4.42. The van der Waals surface area contributed by atoms with Gasteiger partial charge in [0.2, 0.25) is 0 Å². The third-order valence-corrected chi connectivity index (χ3v) is 3.25. The van der Waals surface area contributed by atoms with Crippen molar-refractivity contribution in [1.29, 1.82) is 0 Å². The van der Waals surface area contributed by atoms with Crippen LogP contribution in [0.1, 0.15) is 12.8 Å². The molecule has 0 aliphatic carbocycles. The monoisotopic (exact) mass is 214 g/mol. The van der Waals surface area contributed by atoms with Gasteiger partial charge in [-0.2, -0.15) is 0 Å².